The maximum Gasteiger partial charge on any atom is 0.0238 e. The van der Waals surface area contributed by atoms with Gasteiger partial charge in [0.15, 0.2) is 0 Å². The van der Waals surface area contributed by atoms with E-state index in [2.05, 4.69) is 51.8 Å². The maximum absolute atomic E-state index is 3.66. The van der Waals surface area contributed by atoms with E-state index in [1.807, 2.05) is 0 Å². The minimum absolute atomic E-state index is 0.332. The maximum atomic E-state index is 3.66. The van der Waals surface area contributed by atoms with Crippen molar-refractivity contribution >= 4 is 0 Å². The fraction of sp³-hybridized carbons (Fsp3) is 1.00. The van der Waals surface area contributed by atoms with Gasteiger partial charge in [-0.1, -0.05) is 27.7 Å². The molecule has 0 saturated carbocycles. The molecule has 1 N–H and O–H groups in total. The molecule has 2 nitrogen and oxygen atoms in total. The molecule has 0 amide bonds. The fourth-order valence-corrected chi connectivity index (χ4v) is 2.71. The van der Waals surface area contributed by atoms with Crippen LogP contribution in [0.25, 0.3) is 0 Å². The second-order valence-corrected chi connectivity index (χ2v) is 7.52. The van der Waals surface area contributed by atoms with Gasteiger partial charge in [-0.2, -0.15) is 0 Å². The Hall–Kier alpha value is -0.0800. The van der Waals surface area contributed by atoms with Crippen LogP contribution in [0.2, 0.25) is 0 Å². The molecule has 1 atom stereocenters. The minimum atomic E-state index is 0.332. The van der Waals surface area contributed by atoms with Gasteiger partial charge in [0, 0.05) is 18.1 Å². The van der Waals surface area contributed by atoms with Gasteiger partial charge in [0.05, 0.1) is 0 Å². The van der Waals surface area contributed by atoms with Crippen molar-refractivity contribution in [2.75, 3.05) is 19.6 Å². The van der Waals surface area contributed by atoms with Crippen molar-refractivity contribution in [2.45, 2.75) is 72.4 Å². The summed E-state index contributed by atoms with van der Waals surface area (Å²) in [5.74, 6) is 1.63. The minimum Gasteiger partial charge on any atom is -0.310 e. The summed E-state index contributed by atoms with van der Waals surface area (Å²) in [6.07, 6.45) is 3.95. The van der Waals surface area contributed by atoms with Gasteiger partial charge in [0.1, 0.15) is 0 Å². The molecular formula is C16H34N2. The number of rotatable bonds is 7. The molecule has 1 saturated heterocycles. The first-order chi connectivity index (χ1) is 8.30. The third-order valence-corrected chi connectivity index (χ3v) is 4.07. The van der Waals surface area contributed by atoms with Crippen molar-refractivity contribution in [2.24, 2.45) is 11.8 Å². The van der Waals surface area contributed by atoms with Crippen molar-refractivity contribution < 1.29 is 0 Å². The highest BCUT2D eigenvalue weighted by Crippen LogP contribution is 2.23. The van der Waals surface area contributed by atoms with Crippen molar-refractivity contribution in [3.63, 3.8) is 0 Å². The Morgan fingerprint density at radius 2 is 1.56 bits per heavy atom. The summed E-state index contributed by atoms with van der Waals surface area (Å²) in [4.78, 5) is 2.74. The van der Waals surface area contributed by atoms with Crippen LogP contribution in [0.3, 0.4) is 0 Å². The molecule has 0 aliphatic carbocycles. The monoisotopic (exact) mass is 254 g/mol. The number of hydrogen-bond donors (Lipinski definition) is 1. The van der Waals surface area contributed by atoms with Crippen LogP contribution in [0.1, 0.15) is 60.8 Å². The number of nitrogens with one attached hydrogen (secondary N) is 1. The Balaban J connectivity index is 2.48. The zero-order valence-electron chi connectivity index (χ0n) is 13.4. The van der Waals surface area contributed by atoms with Gasteiger partial charge in [0.25, 0.3) is 0 Å². The van der Waals surface area contributed by atoms with Gasteiger partial charge in [-0.15, -0.1) is 0 Å². The standard InChI is InChI=1S/C16H34N2/c1-13(2)7-9-18(10-8-14(3)4)15-11-16(5,6)17-12-15/h13-15,17H,7-12H2,1-6H3. The molecule has 1 fully saturated rings. The van der Waals surface area contributed by atoms with E-state index in [0.717, 1.165) is 17.9 Å². The van der Waals surface area contributed by atoms with E-state index < -0.39 is 0 Å². The smallest absolute Gasteiger partial charge is 0.0238 e. The quantitative estimate of drug-likeness (QED) is 0.748. The van der Waals surface area contributed by atoms with E-state index in [4.69, 9.17) is 0 Å². The topological polar surface area (TPSA) is 15.3 Å². The Morgan fingerprint density at radius 1 is 1.06 bits per heavy atom. The first-order valence-corrected chi connectivity index (χ1v) is 7.79. The molecule has 1 rings (SSSR count). The Kier molecular flexibility index (Phi) is 6.13. The van der Waals surface area contributed by atoms with Gasteiger partial charge in [-0.25, -0.2) is 0 Å². The molecule has 0 aromatic rings. The van der Waals surface area contributed by atoms with Crippen LogP contribution in [0.5, 0.6) is 0 Å². The summed E-state index contributed by atoms with van der Waals surface area (Å²) in [6, 6.07) is 0.748. The van der Waals surface area contributed by atoms with Gasteiger partial charge >= 0.3 is 0 Å². The average molecular weight is 254 g/mol. The van der Waals surface area contributed by atoms with Gasteiger partial charge < -0.3 is 5.32 Å². The molecule has 1 aliphatic heterocycles. The first-order valence-electron chi connectivity index (χ1n) is 7.79. The summed E-state index contributed by atoms with van der Waals surface area (Å²) >= 11 is 0. The van der Waals surface area contributed by atoms with Gasteiger partial charge in [-0.3, -0.25) is 4.90 Å². The largest absolute Gasteiger partial charge is 0.310 e. The molecule has 0 radical (unpaired) electrons. The van der Waals surface area contributed by atoms with E-state index in [-0.39, 0.29) is 0 Å². The zero-order valence-corrected chi connectivity index (χ0v) is 13.4. The van der Waals surface area contributed by atoms with Crippen LogP contribution < -0.4 is 5.32 Å². The van der Waals surface area contributed by atoms with Crippen LogP contribution in [-0.2, 0) is 0 Å². The Bertz CT molecular complexity index is 221. The molecule has 1 aliphatic rings. The van der Waals surface area contributed by atoms with E-state index in [1.165, 1.54) is 38.9 Å². The third kappa shape index (κ3) is 5.71. The Morgan fingerprint density at radius 3 is 1.89 bits per heavy atom. The van der Waals surface area contributed by atoms with Crippen molar-refractivity contribution in [1.29, 1.82) is 0 Å². The van der Waals surface area contributed by atoms with E-state index in [0.29, 0.717) is 5.54 Å². The molecule has 2 heteroatoms. The highest BCUT2D eigenvalue weighted by atomic mass is 15.2. The predicted molar refractivity (Wildman–Crippen MR) is 81.0 cm³/mol. The Labute approximate surface area is 115 Å². The van der Waals surface area contributed by atoms with Crippen LogP contribution in [0.15, 0.2) is 0 Å². The number of hydrogen-bond acceptors (Lipinski definition) is 2. The normalized spacial score (nSPS) is 23.5. The third-order valence-electron chi connectivity index (χ3n) is 4.07. The molecular weight excluding hydrogens is 220 g/mol. The van der Waals surface area contributed by atoms with E-state index in [1.54, 1.807) is 0 Å². The predicted octanol–water partition coefficient (Wildman–Crippen LogP) is 3.52. The van der Waals surface area contributed by atoms with Gasteiger partial charge in [-0.05, 0) is 58.0 Å². The summed E-state index contributed by atoms with van der Waals surface area (Å²) in [7, 11) is 0. The molecule has 0 spiro atoms. The van der Waals surface area contributed by atoms with Crippen molar-refractivity contribution in [1.82, 2.24) is 10.2 Å². The molecule has 108 valence electrons. The molecule has 0 bridgehead atoms. The van der Waals surface area contributed by atoms with Crippen LogP contribution in [0.4, 0.5) is 0 Å². The zero-order chi connectivity index (χ0) is 13.8. The summed E-state index contributed by atoms with van der Waals surface area (Å²) in [5, 5.41) is 3.66. The highest BCUT2D eigenvalue weighted by molar-refractivity contribution is 4.94. The highest BCUT2D eigenvalue weighted by Gasteiger charge is 2.33. The van der Waals surface area contributed by atoms with Crippen molar-refractivity contribution in [3.8, 4) is 0 Å². The molecule has 1 heterocycles. The fourth-order valence-electron chi connectivity index (χ4n) is 2.71. The second kappa shape index (κ2) is 6.91. The van der Waals surface area contributed by atoms with Crippen LogP contribution in [0, 0.1) is 11.8 Å². The van der Waals surface area contributed by atoms with E-state index >= 15 is 0 Å². The molecule has 1 unspecified atom stereocenters. The van der Waals surface area contributed by atoms with Crippen LogP contribution in [-0.4, -0.2) is 36.1 Å². The van der Waals surface area contributed by atoms with Gasteiger partial charge in [0.2, 0.25) is 0 Å². The summed E-state index contributed by atoms with van der Waals surface area (Å²) < 4.78 is 0. The van der Waals surface area contributed by atoms with Crippen molar-refractivity contribution in [3.05, 3.63) is 0 Å². The first kappa shape index (κ1) is 16.0. The van der Waals surface area contributed by atoms with E-state index in [9.17, 15) is 0 Å². The lowest BCUT2D eigenvalue weighted by Crippen LogP contribution is -2.39. The second-order valence-electron chi connectivity index (χ2n) is 7.52. The lowest BCUT2D eigenvalue weighted by Gasteiger charge is -2.30. The molecule has 0 aromatic heterocycles. The summed E-state index contributed by atoms with van der Waals surface area (Å²) in [5.41, 5.74) is 0.332. The van der Waals surface area contributed by atoms with Crippen LogP contribution >= 0.6 is 0 Å². The molecule has 0 aromatic carbocycles. The lowest BCUT2D eigenvalue weighted by molar-refractivity contribution is 0.182. The lowest BCUT2D eigenvalue weighted by atomic mass is 9.99. The number of nitrogens with zero attached hydrogens (tertiary/aromatic N) is 1. The summed E-state index contributed by atoms with van der Waals surface area (Å²) in [6.45, 7) is 17.7. The average Bonchev–Trinajstić information content (AvgIpc) is 2.58. The molecule has 18 heavy (non-hydrogen) atoms. The SMILES string of the molecule is CC(C)CCN(CCC(C)C)C1CNC(C)(C)C1.